The van der Waals surface area contributed by atoms with E-state index in [1.165, 1.54) is 25.7 Å². The number of hydrogen-bond acceptors (Lipinski definition) is 3. The Morgan fingerprint density at radius 2 is 2.05 bits per heavy atom. The fraction of sp³-hybridized carbons (Fsp3) is 0.933. The summed E-state index contributed by atoms with van der Waals surface area (Å²) in [5, 5.41) is 4.18. The molecule has 1 aliphatic carbocycles. The molecular weight excluding hydrogens is 256 g/mol. The van der Waals surface area contributed by atoms with Crippen molar-refractivity contribution in [3.8, 4) is 0 Å². The van der Waals surface area contributed by atoms with Crippen LogP contribution in [0.1, 0.15) is 52.4 Å². The molecule has 3 nitrogen and oxygen atoms in total. The van der Waals surface area contributed by atoms with Crippen molar-refractivity contribution in [1.29, 1.82) is 0 Å². The van der Waals surface area contributed by atoms with Crippen molar-refractivity contribution in [3.05, 3.63) is 0 Å². The molecule has 0 bridgehead atoms. The van der Waals surface area contributed by atoms with Gasteiger partial charge in [0, 0.05) is 23.9 Å². The largest absolute Gasteiger partial charge is 0.338 e. The molecule has 2 aliphatic rings. The average molecular weight is 284 g/mol. The third-order valence-electron chi connectivity index (χ3n) is 4.38. The summed E-state index contributed by atoms with van der Waals surface area (Å²) in [4.78, 5) is 14.8. The maximum absolute atomic E-state index is 12.6. The van der Waals surface area contributed by atoms with E-state index in [4.69, 9.17) is 0 Å². The third kappa shape index (κ3) is 3.88. The lowest BCUT2D eigenvalue weighted by Crippen LogP contribution is -2.56. The first-order chi connectivity index (χ1) is 9.11. The summed E-state index contributed by atoms with van der Waals surface area (Å²) in [6.07, 6.45) is 9.37. The van der Waals surface area contributed by atoms with Crippen molar-refractivity contribution in [2.75, 3.05) is 12.8 Å². The van der Waals surface area contributed by atoms with Gasteiger partial charge < -0.3 is 10.2 Å². The number of nitrogens with zero attached hydrogens (tertiary/aromatic N) is 1. The minimum Gasteiger partial charge on any atom is -0.338 e. The molecule has 19 heavy (non-hydrogen) atoms. The van der Waals surface area contributed by atoms with Crippen LogP contribution in [-0.4, -0.2) is 47.0 Å². The van der Waals surface area contributed by atoms with Crippen molar-refractivity contribution in [3.63, 3.8) is 0 Å². The molecule has 2 rings (SSSR count). The zero-order valence-corrected chi connectivity index (χ0v) is 13.3. The summed E-state index contributed by atoms with van der Waals surface area (Å²) in [5.41, 5.74) is 0. The highest BCUT2D eigenvalue weighted by molar-refractivity contribution is 7.99. The van der Waals surface area contributed by atoms with Gasteiger partial charge in [0.2, 0.25) is 5.91 Å². The van der Waals surface area contributed by atoms with E-state index in [1.54, 1.807) is 0 Å². The lowest BCUT2D eigenvalue weighted by Gasteiger charge is -2.42. The smallest absolute Gasteiger partial charge is 0.239 e. The molecule has 1 saturated heterocycles. The zero-order valence-electron chi connectivity index (χ0n) is 12.5. The van der Waals surface area contributed by atoms with Crippen molar-refractivity contribution >= 4 is 17.7 Å². The number of piperidine rings is 1. The number of nitrogens with one attached hydrogen (secondary N) is 1. The molecule has 1 aliphatic heterocycles. The highest BCUT2D eigenvalue weighted by Gasteiger charge is 2.35. The maximum Gasteiger partial charge on any atom is 0.239 e. The Morgan fingerprint density at radius 3 is 2.74 bits per heavy atom. The van der Waals surface area contributed by atoms with E-state index in [0.29, 0.717) is 18.0 Å². The summed E-state index contributed by atoms with van der Waals surface area (Å²) >= 11 is 1.97. The molecule has 0 aromatic rings. The molecule has 110 valence electrons. The molecule has 3 atom stereocenters. The van der Waals surface area contributed by atoms with Crippen LogP contribution in [0.4, 0.5) is 0 Å². The lowest BCUT2D eigenvalue weighted by atomic mass is 9.91. The molecule has 0 radical (unpaired) electrons. The van der Waals surface area contributed by atoms with Gasteiger partial charge >= 0.3 is 0 Å². The van der Waals surface area contributed by atoms with Crippen molar-refractivity contribution in [2.45, 2.75) is 75.7 Å². The molecule has 0 spiro atoms. The highest BCUT2D eigenvalue weighted by Crippen LogP contribution is 2.31. The Bertz CT molecular complexity index is 309. The SMILES string of the molecule is CSC1CCCC(N2CCCC(NC(C)C)C2=O)C1. The van der Waals surface area contributed by atoms with Crippen LogP contribution in [0.2, 0.25) is 0 Å². The first-order valence-electron chi connectivity index (χ1n) is 7.71. The molecule has 0 aromatic carbocycles. The topological polar surface area (TPSA) is 32.3 Å². The molecular formula is C15H28N2OS. The van der Waals surface area contributed by atoms with Crippen LogP contribution >= 0.6 is 11.8 Å². The number of rotatable bonds is 4. The van der Waals surface area contributed by atoms with Crippen LogP contribution in [0.15, 0.2) is 0 Å². The standard InChI is InChI=1S/C15H28N2OS/c1-11(2)16-14-8-5-9-17(15(14)18)12-6-4-7-13(10-12)19-3/h11-14,16H,4-10H2,1-3H3. The van der Waals surface area contributed by atoms with Crippen LogP contribution < -0.4 is 5.32 Å². The second-order valence-corrected chi connectivity index (χ2v) is 7.36. The van der Waals surface area contributed by atoms with Crippen molar-refractivity contribution in [1.82, 2.24) is 10.2 Å². The van der Waals surface area contributed by atoms with Gasteiger partial charge in [-0.2, -0.15) is 11.8 Å². The average Bonchev–Trinajstić information content (AvgIpc) is 2.41. The van der Waals surface area contributed by atoms with Crippen LogP contribution in [0.25, 0.3) is 0 Å². The van der Waals surface area contributed by atoms with Gasteiger partial charge in [0.05, 0.1) is 6.04 Å². The summed E-state index contributed by atoms with van der Waals surface area (Å²) in [7, 11) is 0. The quantitative estimate of drug-likeness (QED) is 0.861. The second-order valence-electron chi connectivity index (χ2n) is 6.23. The Balaban J connectivity index is 1.96. The minimum absolute atomic E-state index is 0.0587. The molecule has 1 N–H and O–H groups in total. The lowest BCUT2D eigenvalue weighted by molar-refractivity contribution is -0.139. The summed E-state index contributed by atoms with van der Waals surface area (Å²) < 4.78 is 0. The Labute approximate surface area is 121 Å². The maximum atomic E-state index is 12.6. The van der Waals surface area contributed by atoms with E-state index in [-0.39, 0.29) is 6.04 Å². The van der Waals surface area contributed by atoms with Gasteiger partial charge in [-0.25, -0.2) is 0 Å². The van der Waals surface area contributed by atoms with E-state index < -0.39 is 0 Å². The Hall–Kier alpha value is -0.220. The fourth-order valence-electron chi connectivity index (χ4n) is 3.44. The van der Waals surface area contributed by atoms with Crippen LogP contribution in [0.5, 0.6) is 0 Å². The van der Waals surface area contributed by atoms with Gasteiger partial charge in [0.25, 0.3) is 0 Å². The van der Waals surface area contributed by atoms with E-state index >= 15 is 0 Å². The van der Waals surface area contributed by atoms with Crippen molar-refractivity contribution in [2.24, 2.45) is 0 Å². The van der Waals surface area contributed by atoms with Crippen LogP contribution in [0, 0.1) is 0 Å². The monoisotopic (exact) mass is 284 g/mol. The molecule has 1 heterocycles. The van der Waals surface area contributed by atoms with Crippen LogP contribution in [0.3, 0.4) is 0 Å². The minimum atomic E-state index is 0.0587. The first-order valence-corrected chi connectivity index (χ1v) is 9.00. The van der Waals surface area contributed by atoms with E-state index in [1.807, 2.05) is 11.8 Å². The second kappa shape index (κ2) is 6.98. The van der Waals surface area contributed by atoms with Gasteiger partial charge in [0.15, 0.2) is 0 Å². The summed E-state index contributed by atoms with van der Waals surface area (Å²) in [6, 6.07) is 0.943. The Morgan fingerprint density at radius 1 is 1.26 bits per heavy atom. The number of hydrogen-bond donors (Lipinski definition) is 1. The number of amides is 1. The van der Waals surface area contributed by atoms with E-state index in [0.717, 1.165) is 24.6 Å². The first kappa shape index (κ1) is 15.2. The van der Waals surface area contributed by atoms with Crippen LogP contribution in [-0.2, 0) is 4.79 Å². The molecule has 1 amide bonds. The van der Waals surface area contributed by atoms with Gasteiger partial charge in [0.1, 0.15) is 0 Å². The number of likely N-dealkylation sites (tertiary alicyclic amines) is 1. The molecule has 0 aromatic heterocycles. The van der Waals surface area contributed by atoms with Gasteiger partial charge in [-0.05, 0) is 38.4 Å². The predicted molar refractivity (Wildman–Crippen MR) is 82.6 cm³/mol. The summed E-state index contributed by atoms with van der Waals surface area (Å²) in [6.45, 7) is 5.22. The molecule has 4 heteroatoms. The van der Waals surface area contributed by atoms with Gasteiger partial charge in [-0.1, -0.05) is 20.3 Å². The van der Waals surface area contributed by atoms with E-state index in [9.17, 15) is 4.79 Å². The number of carbonyl (C=O) groups excluding carboxylic acids is 1. The molecule has 1 saturated carbocycles. The molecule has 2 fully saturated rings. The predicted octanol–water partition coefficient (Wildman–Crippen LogP) is 2.65. The molecule has 3 unspecified atom stereocenters. The van der Waals surface area contributed by atoms with Crippen molar-refractivity contribution < 1.29 is 4.79 Å². The Kier molecular flexibility index (Phi) is 5.58. The normalized spacial score (nSPS) is 32.9. The highest BCUT2D eigenvalue weighted by atomic mass is 32.2. The zero-order chi connectivity index (χ0) is 13.8. The van der Waals surface area contributed by atoms with E-state index in [2.05, 4.69) is 30.3 Å². The summed E-state index contributed by atoms with van der Waals surface area (Å²) in [5.74, 6) is 0.353. The number of thioether (sulfide) groups is 1. The number of carbonyl (C=O) groups is 1. The third-order valence-corrected chi connectivity index (χ3v) is 5.47. The van der Waals surface area contributed by atoms with Gasteiger partial charge in [-0.15, -0.1) is 0 Å². The fourth-order valence-corrected chi connectivity index (χ4v) is 4.25. The van der Waals surface area contributed by atoms with Gasteiger partial charge in [-0.3, -0.25) is 4.79 Å².